The predicted molar refractivity (Wildman–Crippen MR) is 82.8 cm³/mol. The van der Waals surface area contributed by atoms with Crippen LogP contribution in [0.4, 0.5) is 4.39 Å². The molecule has 1 amide bonds. The zero-order valence-electron chi connectivity index (χ0n) is 12.7. The number of carbonyl (C=O) groups is 1. The Kier molecular flexibility index (Phi) is 6.65. The number of hydrogen-bond donors (Lipinski definition) is 3. The van der Waals surface area contributed by atoms with Crippen LogP contribution < -0.4 is 16.4 Å². The number of nitrogens with zero attached hydrogens (tertiary/aromatic N) is 1. The zero-order chi connectivity index (χ0) is 15.8. The van der Waals surface area contributed by atoms with Crippen molar-refractivity contribution < 1.29 is 9.18 Å². The summed E-state index contributed by atoms with van der Waals surface area (Å²) in [6.45, 7) is 6.42. The van der Waals surface area contributed by atoms with E-state index < -0.39 is 0 Å². The fourth-order valence-corrected chi connectivity index (χ4v) is 1.58. The molecule has 0 radical (unpaired) electrons. The molecular weight excluding hydrogens is 271 g/mol. The van der Waals surface area contributed by atoms with Crippen molar-refractivity contribution in [3.8, 4) is 0 Å². The van der Waals surface area contributed by atoms with E-state index in [-0.39, 0.29) is 17.8 Å². The van der Waals surface area contributed by atoms with Crippen LogP contribution in [0.3, 0.4) is 0 Å². The summed E-state index contributed by atoms with van der Waals surface area (Å²) in [6, 6.07) is 4.66. The second kappa shape index (κ2) is 8.24. The second-order valence-corrected chi connectivity index (χ2v) is 4.94. The van der Waals surface area contributed by atoms with Gasteiger partial charge in [0.1, 0.15) is 5.82 Å². The molecule has 5 nitrogen and oxygen atoms in total. The molecule has 1 aromatic rings. The average molecular weight is 294 g/mol. The standard InChI is InChI=1S/C15H23FN4O/c1-4-11(3)20-15(17)19-8-7-18-14(21)12-6-5-10(2)13(16)9-12/h5-6,9,11H,4,7-8H2,1-3H3,(H,18,21)(H3,17,19,20). The molecule has 6 heteroatoms. The highest BCUT2D eigenvalue weighted by atomic mass is 19.1. The number of guanidine groups is 1. The van der Waals surface area contributed by atoms with Crippen molar-refractivity contribution in [1.82, 2.24) is 10.6 Å². The van der Waals surface area contributed by atoms with E-state index in [9.17, 15) is 9.18 Å². The number of aliphatic imine (C=N–C) groups is 1. The average Bonchev–Trinajstić information content (AvgIpc) is 2.46. The lowest BCUT2D eigenvalue weighted by Crippen LogP contribution is -2.38. The molecule has 4 N–H and O–H groups in total. The largest absolute Gasteiger partial charge is 0.370 e. The molecule has 1 aromatic carbocycles. The maximum absolute atomic E-state index is 13.4. The predicted octanol–water partition coefficient (Wildman–Crippen LogP) is 1.57. The fourth-order valence-electron chi connectivity index (χ4n) is 1.58. The highest BCUT2D eigenvalue weighted by Crippen LogP contribution is 2.08. The van der Waals surface area contributed by atoms with Gasteiger partial charge in [-0.15, -0.1) is 0 Å². The summed E-state index contributed by atoms with van der Waals surface area (Å²) >= 11 is 0. The van der Waals surface area contributed by atoms with Gasteiger partial charge in [0.15, 0.2) is 5.96 Å². The Morgan fingerprint density at radius 2 is 2.19 bits per heavy atom. The fraction of sp³-hybridized carbons (Fsp3) is 0.467. The van der Waals surface area contributed by atoms with Crippen molar-refractivity contribution in [3.63, 3.8) is 0 Å². The molecule has 1 atom stereocenters. The Balaban J connectivity index is 2.40. The lowest BCUT2D eigenvalue weighted by atomic mass is 10.1. The maximum Gasteiger partial charge on any atom is 0.251 e. The zero-order valence-corrected chi connectivity index (χ0v) is 12.7. The number of rotatable bonds is 6. The van der Waals surface area contributed by atoms with Crippen LogP contribution in [0.15, 0.2) is 23.2 Å². The van der Waals surface area contributed by atoms with Crippen LogP contribution in [-0.4, -0.2) is 31.0 Å². The summed E-state index contributed by atoms with van der Waals surface area (Å²) in [6.07, 6.45) is 0.950. The molecule has 0 aliphatic carbocycles. The van der Waals surface area contributed by atoms with E-state index in [1.807, 2.05) is 13.8 Å². The Bertz CT molecular complexity index is 516. The lowest BCUT2D eigenvalue weighted by molar-refractivity contribution is 0.0954. The van der Waals surface area contributed by atoms with Crippen LogP contribution in [-0.2, 0) is 0 Å². The van der Waals surface area contributed by atoms with E-state index in [1.54, 1.807) is 19.1 Å². The van der Waals surface area contributed by atoms with E-state index in [4.69, 9.17) is 5.73 Å². The van der Waals surface area contributed by atoms with E-state index in [0.717, 1.165) is 6.42 Å². The smallest absolute Gasteiger partial charge is 0.251 e. The van der Waals surface area contributed by atoms with Crippen LogP contribution >= 0.6 is 0 Å². The van der Waals surface area contributed by atoms with Gasteiger partial charge in [-0.3, -0.25) is 9.79 Å². The molecule has 0 bridgehead atoms. The van der Waals surface area contributed by atoms with Gasteiger partial charge in [-0.25, -0.2) is 4.39 Å². The Labute approximate surface area is 124 Å². The number of hydrogen-bond acceptors (Lipinski definition) is 2. The molecule has 0 saturated heterocycles. The van der Waals surface area contributed by atoms with Crippen LogP contribution in [0, 0.1) is 12.7 Å². The Morgan fingerprint density at radius 3 is 2.81 bits per heavy atom. The van der Waals surface area contributed by atoms with Gasteiger partial charge >= 0.3 is 0 Å². The number of aryl methyl sites for hydroxylation is 1. The van der Waals surface area contributed by atoms with E-state index in [0.29, 0.717) is 30.2 Å². The number of halogens is 1. The molecule has 1 rings (SSSR count). The molecule has 0 saturated carbocycles. The quantitative estimate of drug-likeness (QED) is 0.423. The summed E-state index contributed by atoms with van der Waals surface area (Å²) in [4.78, 5) is 15.9. The molecule has 0 heterocycles. The molecule has 1 unspecified atom stereocenters. The minimum absolute atomic E-state index is 0.263. The monoisotopic (exact) mass is 294 g/mol. The lowest BCUT2D eigenvalue weighted by Gasteiger charge is -2.11. The van der Waals surface area contributed by atoms with Crippen molar-refractivity contribution in [1.29, 1.82) is 0 Å². The van der Waals surface area contributed by atoms with Gasteiger partial charge in [0.05, 0.1) is 6.54 Å². The van der Waals surface area contributed by atoms with Gasteiger partial charge in [0, 0.05) is 18.2 Å². The van der Waals surface area contributed by atoms with Gasteiger partial charge in [-0.1, -0.05) is 13.0 Å². The molecule has 0 aliphatic heterocycles. The van der Waals surface area contributed by atoms with Crippen LogP contribution in [0.2, 0.25) is 0 Å². The molecular formula is C15H23FN4O. The first-order valence-corrected chi connectivity index (χ1v) is 7.04. The van der Waals surface area contributed by atoms with Gasteiger partial charge in [0.25, 0.3) is 5.91 Å². The summed E-state index contributed by atoms with van der Waals surface area (Å²) in [7, 11) is 0. The van der Waals surface area contributed by atoms with Crippen LogP contribution in [0.25, 0.3) is 0 Å². The SMILES string of the molecule is CCC(C)NC(N)=NCCNC(=O)c1ccc(C)c(F)c1. The third-order valence-electron chi connectivity index (χ3n) is 3.12. The highest BCUT2D eigenvalue weighted by molar-refractivity contribution is 5.94. The van der Waals surface area contributed by atoms with Gasteiger partial charge < -0.3 is 16.4 Å². The number of benzene rings is 1. The topological polar surface area (TPSA) is 79.5 Å². The molecule has 0 aromatic heterocycles. The first-order valence-electron chi connectivity index (χ1n) is 7.04. The van der Waals surface area contributed by atoms with Crippen molar-refractivity contribution in [3.05, 3.63) is 35.1 Å². The van der Waals surface area contributed by atoms with E-state index in [2.05, 4.69) is 15.6 Å². The third kappa shape index (κ3) is 5.81. The van der Waals surface area contributed by atoms with E-state index in [1.165, 1.54) is 6.07 Å². The summed E-state index contributed by atoms with van der Waals surface area (Å²) in [5.41, 5.74) is 6.50. The molecule has 0 spiro atoms. The number of amides is 1. The van der Waals surface area contributed by atoms with Gasteiger partial charge in [-0.05, 0) is 38.0 Å². The highest BCUT2D eigenvalue weighted by Gasteiger charge is 2.07. The van der Waals surface area contributed by atoms with Crippen molar-refractivity contribution in [2.45, 2.75) is 33.2 Å². The minimum atomic E-state index is -0.386. The molecule has 116 valence electrons. The summed E-state index contributed by atoms with van der Waals surface area (Å²) < 4.78 is 13.4. The van der Waals surface area contributed by atoms with E-state index >= 15 is 0 Å². The first-order chi connectivity index (χ1) is 9.93. The Morgan fingerprint density at radius 1 is 1.48 bits per heavy atom. The number of nitrogens with one attached hydrogen (secondary N) is 2. The number of carbonyl (C=O) groups excluding carboxylic acids is 1. The number of nitrogens with two attached hydrogens (primary N) is 1. The normalized spacial score (nSPS) is 12.9. The van der Waals surface area contributed by atoms with Crippen molar-refractivity contribution >= 4 is 11.9 Å². The molecule has 21 heavy (non-hydrogen) atoms. The molecule has 0 fully saturated rings. The maximum atomic E-state index is 13.4. The van der Waals surface area contributed by atoms with Crippen molar-refractivity contribution in [2.75, 3.05) is 13.1 Å². The van der Waals surface area contributed by atoms with Crippen LogP contribution in [0.5, 0.6) is 0 Å². The third-order valence-corrected chi connectivity index (χ3v) is 3.12. The summed E-state index contributed by atoms with van der Waals surface area (Å²) in [5.74, 6) is -0.347. The Hall–Kier alpha value is -2.11. The van der Waals surface area contributed by atoms with Crippen LogP contribution in [0.1, 0.15) is 36.2 Å². The summed E-state index contributed by atoms with van der Waals surface area (Å²) in [5, 5.41) is 5.70. The first kappa shape index (κ1) is 16.9. The minimum Gasteiger partial charge on any atom is -0.370 e. The van der Waals surface area contributed by atoms with Gasteiger partial charge in [0.2, 0.25) is 0 Å². The van der Waals surface area contributed by atoms with Gasteiger partial charge in [-0.2, -0.15) is 0 Å². The second-order valence-electron chi connectivity index (χ2n) is 4.94. The molecule has 0 aliphatic rings. The van der Waals surface area contributed by atoms with Crippen molar-refractivity contribution in [2.24, 2.45) is 10.7 Å².